The molecule has 1 heterocycles. The van der Waals surface area contributed by atoms with E-state index in [4.69, 9.17) is 4.74 Å². The van der Waals surface area contributed by atoms with Gasteiger partial charge >= 0.3 is 0 Å². The van der Waals surface area contributed by atoms with Crippen LogP contribution in [0.1, 0.15) is 0 Å². The Morgan fingerprint density at radius 1 is 0.727 bits per heavy atom. The van der Waals surface area contributed by atoms with Gasteiger partial charge in [0.1, 0.15) is 11.5 Å². The van der Waals surface area contributed by atoms with E-state index in [1.807, 2.05) is 72.8 Å². The van der Waals surface area contributed by atoms with Crippen LogP contribution < -0.4 is 10.2 Å². The van der Waals surface area contributed by atoms with Crippen molar-refractivity contribution in [2.75, 3.05) is 0 Å². The summed E-state index contributed by atoms with van der Waals surface area (Å²) in [6.07, 6.45) is 0. The van der Waals surface area contributed by atoms with Crippen LogP contribution in [0.3, 0.4) is 0 Å². The highest BCUT2D eigenvalue weighted by molar-refractivity contribution is 7.24. The van der Waals surface area contributed by atoms with Gasteiger partial charge in [-0.2, -0.15) is 0 Å². The van der Waals surface area contributed by atoms with Gasteiger partial charge in [0.25, 0.3) is 0 Å². The summed E-state index contributed by atoms with van der Waals surface area (Å²) in [4.78, 5) is 12.8. The van der Waals surface area contributed by atoms with Crippen molar-refractivity contribution in [3.05, 3.63) is 83.0 Å². The third kappa shape index (κ3) is 2.16. The molecule has 0 aliphatic heterocycles. The zero-order valence-corrected chi connectivity index (χ0v) is 12.5. The summed E-state index contributed by atoms with van der Waals surface area (Å²) in [5, 5.41) is 1.39. The standard InChI is InChI=1S/C19H12O2S/c20-19-14-9-4-5-11-16(14)22-17-12-6-10-15(18(17)19)21-13-7-2-1-3-8-13/h1-12H. The number of hydrogen-bond donors (Lipinski definition) is 0. The summed E-state index contributed by atoms with van der Waals surface area (Å²) in [5.74, 6) is 1.34. The van der Waals surface area contributed by atoms with E-state index in [0.29, 0.717) is 11.1 Å². The average molecular weight is 304 g/mol. The maximum Gasteiger partial charge on any atom is 0.199 e. The van der Waals surface area contributed by atoms with Crippen molar-refractivity contribution in [2.45, 2.75) is 0 Å². The van der Waals surface area contributed by atoms with Crippen LogP contribution in [-0.4, -0.2) is 0 Å². The monoisotopic (exact) mass is 304 g/mol. The molecule has 0 unspecified atom stereocenters. The fraction of sp³-hybridized carbons (Fsp3) is 0. The molecule has 1 aromatic heterocycles. The normalized spacial score (nSPS) is 10.9. The van der Waals surface area contributed by atoms with Crippen LogP contribution >= 0.6 is 11.3 Å². The number of fused-ring (bicyclic) bond motifs is 2. The lowest BCUT2D eigenvalue weighted by atomic mass is 10.1. The highest BCUT2D eigenvalue weighted by Crippen LogP contribution is 2.32. The van der Waals surface area contributed by atoms with Gasteiger partial charge in [-0.15, -0.1) is 11.3 Å². The van der Waals surface area contributed by atoms with Gasteiger partial charge in [-0.1, -0.05) is 36.4 Å². The molecule has 0 N–H and O–H groups in total. The zero-order valence-electron chi connectivity index (χ0n) is 11.7. The van der Waals surface area contributed by atoms with Gasteiger partial charge < -0.3 is 4.74 Å². The SMILES string of the molecule is O=c1c2ccccc2sc2cccc(Oc3ccccc3)c12. The van der Waals surface area contributed by atoms with E-state index in [1.165, 1.54) is 0 Å². The second-order valence-corrected chi connectivity index (χ2v) is 6.06. The number of para-hydroxylation sites is 1. The zero-order chi connectivity index (χ0) is 14.9. The molecule has 0 saturated carbocycles. The van der Waals surface area contributed by atoms with Gasteiger partial charge in [-0.25, -0.2) is 0 Å². The fourth-order valence-corrected chi connectivity index (χ4v) is 3.61. The summed E-state index contributed by atoms with van der Waals surface area (Å²) in [5.41, 5.74) is 0.0240. The molecular weight excluding hydrogens is 292 g/mol. The molecule has 106 valence electrons. The molecule has 0 saturated heterocycles. The number of benzene rings is 3. The quantitative estimate of drug-likeness (QED) is 0.475. The first-order chi connectivity index (χ1) is 10.8. The Morgan fingerprint density at radius 2 is 1.45 bits per heavy atom. The molecule has 0 fully saturated rings. The molecule has 0 radical (unpaired) electrons. The van der Waals surface area contributed by atoms with Crippen molar-refractivity contribution in [2.24, 2.45) is 0 Å². The Kier molecular flexibility index (Phi) is 3.13. The van der Waals surface area contributed by atoms with Crippen molar-refractivity contribution in [1.29, 1.82) is 0 Å². The van der Waals surface area contributed by atoms with Gasteiger partial charge in [-0.05, 0) is 36.4 Å². The second kappa shape index (κ2) is 5.28. The molecule has 4 aromatic rings. The van der Waals surface area contributed by atoms with Crippen molar-refractivity contribution < 1.29 is 4.74 Å². The first kappa shape index (κ1) is 13.0. The van der Waals surface area contributed by atoms with Gasteiger partial charge in [0.2, 0.25) is 0 Å². The Hall–Kier alpha value is -2.65. The van der Waals surface area contributed by atoms with E-state index in [2.05, 4.69) is 0 Å². The molecule has 2 nitrogen and oxygen atoms in total. The lowest BCUT2D eigenvalue weighted by molar-refractivity contribution is 0.488. The molecule has 0 atom stereocenters. The topological polar surface area (TPSA) is 26.3 Å². The van der Waals surface area contributed by atoms with E-state index >= 15 is 0 Å². The van der Waals surface area contributed by atoms with E-state index in [0.717, 1.165) is 20.5 Å². The van der Waals surface area contributed by atoms with Crippen LogP contribution in [0, 0.1) is 0 Å². The van der Waals surface area contributed by atoms with Gasteiger partial charge in [-0.3, -0.25) is 4.79 Å². The van der Waals surface area contributed by atoms with Crippen LogP contribution in [0.2, 0.25) is 0 Å². The third-order valence-electron chi connectivity index (χ3n) is 3.54. The maximum absolute atomic E-state index is 12.8. The number of hydrogen-bond acceptors (Lipinski definition) is 3. The molecule has 0 aliphatic carbocycles. The predicted molar refractivity (Wildman–Crippen MR) is 92.1 cm³/mol. The van der Waals surface area contributed by atoms with E-state index in [-0.39, 0.29) is 5.43 Å². The average Bonchev–Trinajstić information content (AvgIpc) is 2.56. The molecule has 0 spiro atoms. The Morgan fingerprint density at radius 3 is 2.32 bits per heavy atom. The van der Waals surface area contributed by atoms with Gasteiger partial charge in [0.05, 0.1) is 5.39 Å². The third-order valence-corrected chi connectivity index (χ3v) is 4.67. The molecule has 22 heavy (non-hydrogen) atoms. The van der Waals surface area contributed by atoms with Crippen molar-refractivity contribution in [3.63, 3.8) is 0 Å². The van der Waals surface area contributed by atoms with Gasteiger partial charge in [0, 0.05) is 14.8 Å². The van der Waals surface area contributed by atoms with Crippen molar-refractivity contribution in [1.82, 2.24) is 0 Å². The van der Waals surface area contributed by atoms with E-state index in [1.54, 1.807) is 11.3 Å². The highest BCUT2D eigenvalue weighted by atomic mass is 32.1. The highest BCUT2D eigenvalue weighted by Gasteiger charge is 2.11. The summed E-state index contributed by atoms with van der Waals surface area (Å²) in [6.45, 7) is 0. The minimum absolute atomic E-state index is 0.0240. The first-order valence-corrected chi connectivity index (χ1v) is 7.82. The summed E-state index contributed by atoms with van der Waals surface area (Å²) in [6, 6.07) is 22.9. The minimum atomic E-state index is 0.0240. The Balaban J connectivity index is 2.00. The summed E-state index contributed by atoms with van der Waals surface area (Å²) < 4.78 is 7.87. The second-order valence-electron chi connectivity index (χ2n) is 4.97. The largest absolute Gasteiger partial charge is 0.457 e. The summed E-state index contributed by atoms with van der Waals surface area (Å²) >= 11 is 1.61. The van der Waals surface area contributed by atoms with Crippen LogP contribution in [-0.2, 0) is 0 Å². The van der Waals surface area contributed by atoms with Crippen LogP contribution in [0.25, 0.3) is 20.2 Å². The summed E-state index contributed by atoms with van der Waals surface area (Å²) in [7, 11) is 0. The van der Waals surface area contributed by atoms with Gasteiger partial charge in [0.15, 0.2) is 5.43 Å². The van der Waals surface area contributed by atoms with E-state index in [9.17, 15) is 4.79 Å². The molecule has 3 heteroatoms. The van der Waals surface area contributed by atoms with Crippen LogP contribution in [0.5, 0.6) is 11.5 Å². The molecule has 0 amide bonds. The molecule has 4 rings (SSSR count). The molecular formula is C19H12O2S. The van der Waals surface area contributed by atoms with E-state index < -0.39 is 0 Å². The van der Waals surface area contributed by atoms with Crippen LogP contribution in [0.15, 0.2) is 77.6 Å². The lowest BCUT2D eigenvalue weighted by Crippen LogP contribution is -2.02. The molecule has 3 aromatic carbocycles. The number of ether oxygens (including phenoxy) is 1. The predicted octanol–water partition coefficient (Wildman–Crippen LogP) is 5.21. The van der Waals surface area contributed by atoms with Crippen LogP contribution in [0.4, 0.5) is 0 Å². The Bertz CT molecular complexity index is 1020. The molecule has 0 aliphatic rings. The Labute approximate surface area is 131 Å². The fourth-order valence-electron chi connectivity index (χ4n) is 2.52. The molecule has 0 bridgehead atoms. The smallest absolute Gasteiger partial charge is 0.199 e. The first-order valence-electron chi connectivity index (χ1n) is 7.00. The van der Waals surface area contributed by atoms with Crippen molar-refractivity contribution in [3.8, 4) is 11.5 Å². The maximum atomic E-state index is 12.8. The van der Waals surface area contributed by atoms with Crippen molar-refractivity contribution >= 4 is 31.5 Å². The lowest BCUT2D eigenvalue weighted by Gasteiger charge is -2.09. The minimum Gasteiger partial charge on any atom is -0.457 e. The number of rotatable bonds is 2.